The van der Waals surface area contributed by atoms with Crippen molar-refractivity contribution in [1.29, 1.82) is 0 Å². The Morgan fingerprint density at radius 1 is 1.25 bits per heavy atom. The van der Waals surface area contributed by atoms with E-state index in [0.717, 1.165) is 10.5 Å². The first kappa shape index (κ1) is 12.9. The lowest BCUT2D eigenvalue weighted by Gasteiger charge is -2.12. The summed E-state index contributed by atoms with van der Waals surface area (Å²) in [6.07, 6.45) is -3.15. The van der Waals surface area contributed by atoms with Crippen LogP contribution in [0.3, 0.4) is 0 Å². The van der Waals surface area contributed by atoms with Crippen LogP contribution >= 0.6 is 0 Å². The minimum absolute atomic E-state index is 0.479. The van der Waals surface area contributed by atoms with Gasteiger partial charge in [-0.1, -0.05) is 0 Å². The predicted molar refractivity (Wildman–Crippen MR) is 50.1 cm³/mol. The SMILES string of the molecule is CN(C)S(=O)(=O)c1cncc(C(F)(F)F)c1. The van der Waals surface area contributed by atoms with Gasteiger partial charge in [-0.25, -0.2) is 12.7 Å². The van der Waals surface area contributed by atoms with Gasteiger partial charge in [-0.05, 0) is 6.07 Å². The van der Waals surface area contributed by atoms with Gasteiger partial charge in [0.1, 0.15) is 4.90 Å². The highest BCUT2D eigenvalue weighted by molar-refractivity contribution is 7.89. The molecule has 0 unspecified atom stereocenters. The molecule has 0 atom stereocenters. The van der Waals surface area contributed by atoms with E-state index in [2.05, 4.69) is 4.98 Å². The molecule has 8 heteroatoms. The molecule has 0 spiro atoms. The number of hydrogen-bond donors (Lipinski definition) is 0. The Kier molecular flexibility index (Phi) is 3.25. The van der Waals surface area contributed by atoms with Crippen LogP contribution in [0.1, 0.15) is 5.56 Å². The molecule has 16 heavy (non-hydrogen) atoms. The van der Waals surface area contributed by atoms with Gasteiger partial charge in [0, 0.05) is 26.5 Å². The molecule has 1 heterocycles. The van der Waals surface area contributed by atoms with Gasteiger partial charge < -0.3 is 0 Å². The predicted octanol–water partition coefficient (Wildman–Crippen LogP) is 1.35. The zero-order valence-corrected chi connectivity index (χ0v) is 9.30. The Bertz CT molecular complexity index is 482. The van der Waals surface area contributed by atoms with Crippen molar-refractivity contribution in [2.45, 2.75) is 11.1 Å². The van der Waals surface area contributed by atoms with Crippen molar-refractivity contribution in [2.75, 3.05) is 14.1 Å². The highest BCUT2D eigenvalue weighted by atomic mass is 32.2. The molecule has 0 amide bonds. The molecular weight excluding hydrogens is 245 g/mol. The summed E-state index contributed by atoms with van der Waals surface area (Å²) < 4.78 is 60.8. The van der Waals surface area contributed by atoms with Crippen molar-refractivity contribution in [3.8, 4) is 0 Å². The second-order valence-electron chi connectivity index (χ2n) is 3.19. The normalized spacial score (nSPS) is 13.1. The van der Waals surface area contributed by atoms with Gasteiger partial charge in [-0.15, -0.1) is 0 Å². The fourth-order valence-electron chi connectivity index (χ4n) is 0.926. The van der Waals surface area contributed by atoms with Crippen molar-refractivity contribution < 1.29 is 21.6 Å². The zero-order chi connectivity index (χ0) is 12.6. The average Bonchev–Trinajstić information content (AvgIpc) is 2.16. The van der Waals surface area contributed by atoms with Crippen molar-refractivity contribution in [3.05, 3.63) is 24.0 Å². The maximum absolute atomic E-state index is 12.3. The molecule has 0 aliphatic heterocycles. The monoisotopic (exact) mass is 254 g/mol. The molecule has 1 rings (SSSR count). The third kappa shape index (κ3) is 2.50. The van der Waals surface area contributed by atoms with Crippen LogP contribution < -0.4 is 0 Å². The lowest BCUT2D eigenvalue weighted by atomic mass is 10.3. The van der Waals surface area contributed by atoms with E-state index in [1.165, 1.54) is 14.1 Å². The first-order valence-electron chi connectivity index (χ1n) is 4.10. The third-order valence-corrected chi connectivity index (χ3v) is 3.60. The molecule has 0 aliphatic rings. The van der Waals surface area contributed by atoms with Crippen LogP contribution in [0.25, 0.3) is 0 Å². The number of alkyl halides is 3. The van der Waals surface area contributed by atoms with E-state index in [0.29, 0.717) is 12.3 Å². The van der Waals surface area contributed by atoms with E-state index in [9.17, 15) is 21.6 Å². The lowest BCUT2D eigenvalue weighted by Crippen LogP contribution is -2.23. The largest absolute Gasteiger partial charge is 0.417 e. The molecule has 0 fully saturated rings. The second kappa shape index (κ2) is 4.02. The molecule has 0 saturated carbocycles. The molecule has 0 saturated heterocycles. The van der Waals surface area contributed by atoms with Crippen molar-refractivity contribution in [2.24, 2.45) is 0 Å². The van der Waals surface area contributed by atoms with Crippen molar-refractivity contribution in [3.63, 3.8) is 0 Å². The summed E-state index contributed by atoms with van der Waals surface area (Å²) in [5, 5.41) is 0. The summed E-state index contributed by atoms with van der Waals surface area (Å²) in [6.45, 7) is 0. The Morgan fingerprint density at radius 3 is 2.25 bits per heavy atom. The van der Waals surface area contributed by atoms with Crippen LogP contribution in [0.4, 0.5) is 13.2 Å². The van der Waals surface area contributed by atoms with E-state index < -0.39 is 26.7 Å². The first-order valence-corrected chi connectivity index (χ1v) is 5.54. The topological polar surface area (TPSA) is 50.3 Å². The van der Waals surface area contributed by atoms with Gasteiger partial charge in [0.25, 0.3) is 0 Å². The number of pyridine rings is 1. The summed E-state index contributed by atoms with van der Waals surface area (Å²) in [5.41, 5.74) is -1.09. The van der Waals surface area contributed by atoms with Crippen LogP contribution in [0.2, 0.25) is 0 Å². The minimum Gasteiger partial charge on any atom is -0.263 e. The second-order valence-corrected chi connectivity index (χ2v) is 5.35. The number of rotatable bonds is 2. The molecule has 0 N–H and O–H groups in total. The molecule has 0 radical (unpaired) electrons. The number of halogens is 3. The Balaban J connectivity index is 3.30. The van der Waals surface area contributed by atoms with Crippen LogP contribution in [0.5, 0.6) is 0 Å². The summed E-state index contributed by atoms with van der Waals surface area (Å²) >= 11 is 0. The third-order valence-electron chi connectivity index (χ3n) is 1.82. The fourth-order valence-corrected chi connectivity index (χ4v) is 1.82. The number of aromatic nitrogens is 1. The molecule has 4 nitrogen and oxygen atoms in total. The highest BCUT2D eigenvalue weighted by Gasteiger charge is 2.32. The maximum atomic E-state index is 12.3. The summed E-state index contributed by atoms with van der Waals surface area (Å²) in [6, 6.07) is 0.558. The molecule has 0 aromatic carbocycles. The quantitative estimate of drug-likeness (QED) is 0.800. The van der Waals surface area contributed by atoms with Gasteiger partial charge in [-0.2, -0.15) is 13.2 Å². The lowest BCUT2D eigenvalue weighted by molar-refractivity contribution is -0.138. The van der Waals surface area contributed by atoms with Crippen molar-refractivity contribution >= 4 is 10.0 Å². The molecule has 0 bridgehead atoms. The molecule has 1 aromatic heterocycles. The van der Waals surface area contributed by atoms with Gasteiger partial charge >= 0.3 is 6.18 Å². The Hall–Kier alpha value is -1.15. The number of sulfonamides is 1. The van der Waals surface area contributed by atoms with Gasteiger partial charge in [0.15, 0.2) is 0 Å². The Morgan fingerprint density at radius 2 is 1.81 bits per heavy atom. The first-order chi connectivity index (χ1) is 7.15. The van der Waals surface area contributed by atoms with Gasteiger partial charge in [0.05, 0.1) is 5.56 Å². The average molecular weight is 254 g/mol. The molecule has 1 aromatic rings. The summed E-state index contributed by atoms with van der Waals surface area (Å²) in [5.74, 6) is 0. The molecule has 0 aliphatic carbocycles. The van der Waals surface area contributed by atoms with E-state index >= 15 is 0 Å². The number of hydrogen-bond acceptors (Lipinski definition) is 3. The van der Waals surface area contributed by atoms with Gasteiger partial charge in [0.2, 0.25) is 10.0 Å². The Labute approximate surface area is 90.8 Å². The van der Waals surface area contributed by atoms with E-state index in [1.54, 1.807) is 0 Å². The zero-order valence-electron chi connectivity index (χ0n) is 8.49. The van der Waals surface area contributed by atoms with Crippen LogP contribution in [-0.2, 0) is 16.2 Å². The van der Waals surface area contributed by atoms with Crippen LogP contribution in [0.15, 0.2) is 23.4 Å². The van der Waals surface area contributed by atoms with Crippen LogP contribution in [-0.4, -0.2) is 31.8 Å². The molecular formula is C8H9F3N2O2S. The van der Waals surface area contributed by atoms with E-state index in [-0.39, 0.29) is 0 Å². The standard InChI is InChI=1S/C8H9F3N2O2S/c1-13(2)16(14,15)7-3-6(4-12-5-7)8(9,10)11/h3-5H,1-2H3. The van der Waals surface area contributed by atoms with Crippen molar-refractivity contribution in [1.82, 2.24) is 9.29 Å². The fraction of sp³-hybridized carbons (Fsp3) is 0.375. The van der Waals surface area contributed by atoms with E-state index in [4.69, 9.17) is 0 Å². The maximum Gasteiger partial charge on any atom is 0.417 e. The minimum atomic E-state index is -4.61. The highest BCUT2D eigenvalue weighted by Crippen LogP contribution is 2.30. The smallest absolute Gasteiger partial charge is 0.263 e. The number of nitrogens with zero attached hydrogens (tertiary/aromatic N) is 2. The van der Waals surface area contributed by atoms with Crippen LogP contribution in [0, 0.1) is 0 Å². The molecule has 90 valence electrons. The van der Waals surface area contributed by atoms with Gasteiger partial charge in [-0.3, -0.25) is 4.98 Å². The van der Waals surface area contributed by atoms with E-state index in [1.807, 2.05) is 0 Å². The summed E-state index contributed by atoms with van der Waals surface area (Å²) in [7, 11) is -1.43. The summed E-state index contributed by atoms with van der Waals surface area (Å²) in [4.78, 5) is 2.79.